The fraction of sp³-hybridized carbons (Fsp3) is 0.370. The highest BCUT2D eigenvalue weighted by molar-refractivity contribution is 5.88. The Kier molecular flexibility index (Phi) is 7.62. The van der Waals surface area contributed by atoms with Crippen molar-refractivity contribution in [2.45, 2.75) is 64.2 Å². The van der Waals surface area contributed by atoms with Crippen LogP contribution in [0.5, 0.6) is 0 Å². The third kappa shape index (κ3) is 5.99. The summed E-state index contributed by atoms with van der Waals surface area (Å²) in [6, 6.07) is 11.6. The highest BCUT2D eigenvalue weighted by atomic mass is 19.1. The molecule has 3 heterocycles. The summed E-state index contributed by atoms with van der Waals surface area (Å²) >= 11 is 0. The Balaban J connectivity index is 1.44. The number of hydrogen-bond donors (Lipinski definition) is 1. The van der Waals surface area contributed by atoms with Crippen LogP contribution >= 0.6 is 0 Å². The van der Waals surface area contributed by atoms with Gasteiger partial charge in [-0.1, -0.05) is 31.4 Å². The quantitative estimate of drug-likeness (QED) is 0.351. The zero-order valence-electron chi connectivity index (χ0n) is 21.0. The number of halogens is 1. The third-order valence-corrected chi connectivity index (χ3v) is 6.61. The summed E-state index contributed by atoms with van der Waals surface area (Å²) < 4.78 is 24.8. The summed E-state index contributed by atoms with van der Waals surface area (Å²) in [7, 11) is 0. The van der Waals surface area contributed by atoms with Crippen molar-refractivity contribution in [3.05, 3.63) is 77.7 Å². The molecule has 1 N–H and O–H groups in total. The first-order valence-corrected chi connectivity index (χ1v) is 12.7. The van der Waals surface area contributed by atoms with Crippen LogP contribution < -0.4 is 5.32 Å². The van der Waals surface area contributed by atoms with E-state index < -0.39 is 17.8 Å². The van der Waals surface area contributed by atoms with Crippen molar-refractivity contribution in [3.63, 3.8) is 0 Å². The van der Waals surface area contributed by atoms with Crippen LogP contribution in [-0.2, 0) is 22.7 Å². The number of hydrogen-bond acceptors (Lipinski definition) is 7. The van der Waals surface area contributed by atoms with Gasteiger partial charge in [0.15, 0.2) is 5.76 Å². The maximum atomic E-state index is 13.8. The number of furan rings is 2. The van der Waals surface area contributed by atoms with Gasteiger partial charge in [-0.15, -0.1) is 10.2 Å². The predicted molar refractivity (Wildman–Crippen MR) is 134 cm³/mol. The van der Waals surface area contributed by atoms with Crippen LogP contribution in [0.25, 0.3) is 11.6 Å². The Hall–Kier alpha value is -4.28. The molecule has 1 fully saturated rings. The maximum absolute atomic E-state index is 13.8. The summed E-state index contributed by atoms with van der Waals surface area (Å²) in [5, 5.41) is 15.4. The second kappa shape index (κ2) is 11.4. The van der Waals surface area contributed by atoms with Gasteiger partial charge in [0.25, 0.3) is 0 Å². The zero-order chi connectivity index (χ0) is 26.5. The molecule has 0 aliphatic heterocycles. The number of nitrogens with zero attached hydrogens (tertiary/aromatic N) is 5. The molecule has 0 saturated heterocycles. The second-order valence-electron chi connectivity index (χ2n) is 9.45. The number of aromatic nitrogens is 4. The Morgan fingerprint density at radius 1 is 1.13 bits per heavy atom. The molecule has 1 aliphatic carbocycles. The van der Waals surface area contributed by atoms with E-state index in [0.717, 1.165) is 36.9 Å². The number of aryl methyl sites for hydroxylation is 1. The largest absolute Gasteiger partial charge is 0.467 e. The standard InChI is InChI=1S/C27H29FN6O4/c1-18-9-14-23(38-18)26-30-32-34(31-26)17-24(35)33(16-22-8-5-15-37-22)25(19-10-12-20(28)13-11-19)27(36)29-21-6-3-2-4-7-21/h5,8-15,21,25H,2-4,6-7,16-17H2,1H3,(H,29,36)/t25-/m1/s1. The number of carbonyl (C=O) groups excluding carboxylic acids is 2. The summed E-state index contributed by atoms with van der Waals surface area (Å²) in [4.78, 5) is 30.0. The van der Waals surface area contributed by atoms with Crippen LogP contribution in [0, 0.1) is 12.7 Å². The highest BCUT2D eigenvalue weighted by Gasteiger charge is 2.34. The van der Waals surface area contributed by atoms with Gasteiger partial charge in [0.05, 0.1) is 12.8 Å². The van der Waals surface area contributed by atoms with E-state index in [2.05, 4.69) is 20.7 Å². The lowest BCUT2D eigenvalue weighted by atomic mass is 9.94. The first-order chi connectivity index (χ1) is 18.5. The fourth-order valence-electron chi connectivity index (χ4n) is 4.71. The molecular formula is C27H29FN6O4. The smallest absolute Gasteiger partial charge is 0.247 e. The third-order valence-electron chi connectivity index (χ3n) is 6.61. The average molecular weight is 521 g/mol. The van der Waals surface area contributed by atoms with Gasteiger partial charge in [-0.2, -0.15) is 4.80 Å². The van der Waals surface area contributed by atoms with E-state index in [1.165, 1.54) is 35.4 Å². The molecule has 11 heteroatoms. The number of tetrazole rings is 1. The number of carbonyl (C=O) groups is 2. The van der Waals surface area contributed by atoms with Crippen molar-refractivity contribution >= 4 is 11.8 Å². The van der Waals surface area contributed by atoms with E-state index in [4.69, 9.17) is 8.83 Å². The van der Waals surface area contributed by atoms with E-state index in [0.29, 0.717) is 22.8 Å². The predicted octanol–water partition coefficient (Wildman–Crippen LogP) is 4.19. The van der Waals surface area contributed by atoms with Gasteiger partial charge < -0.3 is 19.1 Å². The van der Waals surface area contributed by atoms with Crippen LogP contribution in [0.4, 0.5) is 4.39 Å². The first-order valence-electron chi connectivity index (χ1n) is 12.7. The Morgan fingerprint density at radius 3 is 2.61 bits per heavy atom. The first kappa shape index (κ1) is 25.4. The molecule has 1 aromatic carbocycles. The van der Waals surface area contributed by atoms with Gasteiger partial charge in [-0.05, 0) is 66.9 Å². The molecule has 198 valence electrons. The van der Waals surface area contributed by atoms with Gasteiger partial charge in [-0.3, -0.25) is 9.59 Å². The molecule has 38 heavy (non-hydrogen) atoms. The van der Waals surface area contributed by atoms with Crippen molar-refractivity contribution in [2.24, 2.45) is 0 Å². The number of nitrogens with one attached hydrogen (secondary N) is 1. The van der Waals surface area contributed by atoms with E-state index >= 15 is 0 Å². The fourth-order valence-corrected chi connectivity index (χ4v) is 4.71. The number of benzene rings is 1. The minimum absolute atomic E-state index is 0.0187. The topological polar surface area (TPSA) is 119 Å². The molecular weight excluding hydrogens is 491 g/mol. The normalized spacial score (nSPS) is 14.8. The van der Waals surface area contributed by atoms with E-state index in [9.17, 15) is 14.0 Å². The molecule has 1 aliphatic rings. The van der Waals surface area contributed by atoms with Crippen LogP contribution in [0.15, 0.2) is 63.6 Å². The molecule has 1 saturated carbocycles. The Morgan fingerprint density at radius 2 is 1.92 bits per heavy atom. The van der Waals surface area contributed by atoms with Crippen LogP contribution in [0.3, 0.4) is 0 Å². The molecule has 0 unspecified atom stereocenters. The number of amides is 2. The molecule has 2 amide bonds. The second-order valence-corrected chi connectivity index (χ2v) is 9.45. The lowest BCUT2D eigenvalue weighted by Gasteiger charge is -2.33. The van der Waals surface area contributed by atoms with Gasteiger partial charge in [0, 0.05) is 6.04 Å². The average Bonchev–Trinajstić information content (AvgIpc) is 3.68. The summed E-state index contributed by atoms with van der Waals surface area (Å²) in [6.07, 6.45) is 6.48. The number of rotatable bonds is 9. The zero-order valence-corrected chi connectivity index (χ0v) is 21.0. The van der Waals surface area contributed by atoms with Gasteiger partial charge in [0.1, 0.15) is 29.9 Å². The van der Waals surface area contributed by atoms with Gasteiger partial charge >= 0.3 is 0 Å². The van der Waals surface area contributed by atoms with Crippen molar-refractivity contribution in [1.29, 1.82) is 0 Å². The summed E-state index contributed by atoms with van der Waals surface area (Å²) in [5.41, 5.74) is 0.484. The van der Waals surface area contributed by atoms with Crippen molar-refractivity contribution < 1.29 is 22.8 Å². The summed E-state index contributed by atoms with van der Waals surface area (Å²) in [6.45, 7) is 1.55. The van der Waals surface area contributed by atoms with Crippen LogP contribution in [0.1, 0.15) is 55.2 Å². The molecule has 1 atom stereocenters. The molecule has 4 aromatic rings. The van der Waals surface area contributed by atoms with E-state index in [-0.39, 0.29) is 30.9 Å². The minimum atomic E-state index is -1.02. The Labute approximate surface area is 218 Å². The lowest BCUT2D eigenvalue weighted by molar-refractivity contribution is -0.143. The van der Waals surface area contributed by atoms with E-state index in [1.54, 1.807) is 31.2 Å². The monoisotopic (exact) mass is 520 g/mol. The van der Waals surface area contributed by atoms with E-state index in [1.807, 2.05) is 0 Å². The van der Waals surface area contributed by atoms with Gasteiger partial charge in [-0.25, -0.2) is 4.39 Å². The maximum Gasteiger partial charge on any atom is 0.247 e. The molecule has 0 radical (unpaired) electrons. The molecule has 0 bridgehead atoms. The molecule has 3 aromatic heterocycles. The van der Waals surface area contributed by atoms with Crippen molar-refractivity contribution in [3.8, 4) is 11.6 Å². The molecule has 5 rings (SSSR count). The van der Waals surface area contributed by atoms with Crippen LogP contribution in [0.2, 0.25) is 0 Å². The lowest BCUT2D eigenvalue weighted by Crippen LogP contribution is -2.47. The van der Waals surface area contributed by atoms with Gasteiger partial charge in [0.2, 0.25) is 17.6 Å². The minimum Gasteiger partial charge on any atom is -0.467 e. The Bertz CT molecular complexity index is 1360. The highest BCUT2D eigenvalue weighted by Crippen LogP contribution is 2.27. The molecule has 10 nitrogen and oxygen atoms in total. The van der Waals surface area contributed by atoms with Crippen molar-refractivity contribution in [1.82, 2.24) is 30.4 Å². The summed E-state index contributed by atoms with van der Waals surface area (Å²) in [5.74, 6) is 0.670. The molecule has 0 spiro atoms. The SMILES string of the molecule is Cc1ccc(-c2nnn(CC(=O)N(Cc3ccco3)[C@@H](C(=O)NC3CCCCC3)c3ccc(F)cc3)n2)o1. The van der Waals surface area contributed by atoms with Crippen molar-refractivity contribution in [2.75, 3.05) is 0 Å². The van der Waals surface area contributed by atoms with Crippen LogP contribution in [-0.4, -0.2) is 43.0 Å².